The zero-order chi connectivity index (χ0) is 23.6. The van der Waals surface area contributed by atoms with Crippen LogP contribution in [0.3, 0.4) is 0 Å². The molecule has 0 atom stereocenters. The molecule has 0 aliphatic heterocycles. The Morgan fingerprint density at radius 1 is 1.09 bits per heavy atom. The number of carboxylic acid groups (broad SMARTS) is 1. The van der Waals surface area contributed by atoms with Crippen LogP contribution in [0.4, 0.5) is 13.2 Å². The number of alkyl halides is 3. The van der Waals surface area contributed by atoms with Crippen molar-refractivity contribution in [3.63, 3.8) is 0 Å². The first-order valence-corrected chi connectivity index (χ1v) is 10.5. The van der Waals surface area contributed by atoms with E-state index < -0.39 is 17.7 Å². The molecule has 0 amide bonds. The predicted molar refractivity (Wildman–Crippen MR) is 117 cm³/mol. The molecule has 0 spiro atoms. The highest BCUT2D eigenvalue weighted by atomic mass is 35.5. The molecular weight excluding hydrogens is 479 g/mol. The minimum absolute atomic E-state index is 0.137. The van der Waals surface area contributed by atoms with Gasteiger partial charge in [-0.25, -0.2) is 9.78 Å². The number of aromatic nitrogens is 3. The van der Waals surface area contributed by atoms with Crippen LogP contribution in [0, 0.1) is 0 Å². The Kier molecular flexibility index (Phi) is 6.30. The van der Waals surface area contributed by atoms with E-state index in [2.05, 4.69) is 15.2 Å². The average molecular weight is 492 g/mol. The normalized spacial score (nSPS) is 12.2. The third-order valence-electron chi connectivity index (χ3n) is 4.37. The molecule has 0 unspecified atom stereocenters. The number of halogens is 4. The van der Waals surface area contributed by atoms with Crippen LogP contribution >= 0.6 is 23.4 Å². The molecule has 11 heteroatoms. The molecule has 0 aliphatic rings. The lowest BCUT2D eigenvalue weighted by Crippen LogP contribution is -2.04. The Morgan fingerprint density at radius 3 is 2.55 bits per heavy atom. The highest BCUT2D eigenvalue weighted by Gasteiger charge is 2.30. The van der Waals surface area contributed by atoms with Gasteiger partial charge in [0, 0.05) is 22.2 Å². The first-order valence-electron chi connectivity index (χ1n) is 9.28. The van der Waals surface area contributed by atoms with E-state index in [0.29, 0.717) is 10.8 Å². The van der Waals surface area contributed by atoms with E-state index in [9.17, 15) is 23.1 Å². The maximum Gasteiger partial charge on any atom is 0.416 e. The van der Waals surface area contributed by atoms with Crippen LogP contribution in [-0.4, -0.2) is 26.3 Å². The van der Waals surface area contributed by atoms with Gasteiger partial charge in [0.25, 0.3) is 0 Å². The molecule has 0 radical (unpaired) electrons. The smallest absolute Gasteiger partial charge is 0.416 e. The molecule has 4 rings (SSSR count). The van der Waals surface area contributed by atoms with E-state index in [4.69, 9.17) is 16.0 Å². The van der Waals surface area contributed by atoms with E-state index in [1.807, 2.05) is 0 Å². The molecule has 2 N–H and O–H groups in total. The summed E-state index contributed by atoms with van der Waals surface area (Å²) < 4.78 is 44.4. The maximum absolute atomic E-state index is 13.0. The van der Waals surface area contributed by atoms with Crippen molar-refractivity contribution in [1.82, 2.24) is 15.2 Å². The summed E-state index contributed by atoms with van der Waals surface area (Å²) in [5, 5.41) is 17.0. The van der Waals surface area contributed by atoms with Gasteiger partial charge in [0.15, 0.2) is 5.82 Å². The molecule has 6 nitrogen and oxygen atoms in total. The molecule has 33 heavy (non-hydrogen) atoms. The van der Waals surface area contributed by atoms with Gasteiger partial charge in [-0.3, -0.25) is 5.10 Å². The van der Waals surface area contributed by atoms with Crippen molar-refractivity contribution in [1.29, 1.82) is 0 Å². The molecule has 0 bridgehead atoms. The first-order chi connectivity index (χ1) is 15.7. The number of hydrogen-bond donors (Lipinski definition) is 2. The lowest BCUT2D eigenvalue weighted by molar-refractivity contribution is -0.137. The highest BCUT2D eigenvalue weighted by Crippen LogP contribution is 2.34. The monoisotopic (exact) mass is 491 g/mol. The van der Waals surface area contributed by atoms with Crippen LogP contribution in [0.5, 0.6) is 0 Å². The van der Waals surface area contributed by atoms with Crippen molar-refractivity contribution in [3.8, 4) is 22.7 Å². The molecule has 0 aliphatic carbocycles. The number of nitrogens with one attached hydrogen (secondary N) is 1. The van der Waals surface area contributed by atoms with Gasteiger partial charge >= 0.3 is 12.1 Å². The van der Waals surface area contributed by atoms with E-state index >= 15 is 0 Å². The average Bonchev–Trinajstić information content (AvgIpc) is 3.43. The fraction of sp³-hybridized carbons (Fsp3) is 0.0455. The number of nitrogens with zero attached hydrogens (tertiary/aromatic N) is 2. The van der Waals surface area contributed by atoms with Crippen molar-refractivity contribution in [3.05, 3.63) is 81.9 Å². The highest BCUT2D eigenvalue weighted by molar-refractivity contribution is 8.04. The molecule has 0 saturated carbocycles. The number of rotatable bonds is 6. The summed E-state index contributed by atoms with van der Waals surface area (Å²) in [6.45, 7) is 0. The summed E-state index contributed by atoms with van der Waals surface area (Å²) >= 11 is 6.67. The number of aromatic amines is 1. The van der Waals surface area contributed by atoms with Crippen LogP contribution in [0.25, 0.3) is 28.8 Å². The van der Waals surface area contributed by atoms with Crippen molar-refractivity contribution < 1.29 is 27.5 Å². The molecule has 2 aromatic heterocycles. The summed E-state index contributed by atoms with van der Waals surface area (Å²) in [6, 6.07) is 14.5. The number of H-pyrrole nitrogens is 1. The second kappa shape index (κ2) is 9.16. The van der Waals surface area contributed by atoms with Crippen LogP contribution in [0.1, 0.15) is 11.3 Å². The predicted octanol–water partition coefficient (Wildman–Crippen LogP) is 6.62. The Balaban J connectivity index is 1.56. The van der Waals surface area contributed by atoms with Crippen LogP contribution in [0.2, 0.25) is 5.02 Å². The summed E-state index contributed by atoms with van der Waals surface area (Å²) in [5.41, 5.74) is 0.128. The number of carbonyl (C=O) groups is 1. The number of furan rings is 1. The Morgan fingerprint density at radius 2 is 1.85 bits per heavy atom. The fourth-order valence-corrected chi connectivity index (χ4v) is 3.64. The van der Waals surface area contributed by atoms with Gasteiger partial charge in [-0.2, -0.15) is 13.2 Å². The molecular formula is C22H13ClF3N3O3S. The molecule has 4 aromatic rings. The molecule has 2 heterocycles. The largest absolute Gasteiger partial charge is 0.477 e. The second-order valence-electron chi connectivity index (χ2n) is 6.67. The van der Waals surface area contributed by atoms with E-state index in [0.717, 1.165) is 29.5 Å². The number of benzene rings is 2. The van der Waals surface area contributed by atoms with Crippen molar-refractivity contribution in [2.24, 2.45) is 0 Å². The molecule has 2 aromatic carbocycles. The quantitative estimate of drug-likeness (QED) is 0.232. The van der Waals surface area contributed by atoms with E-state index in [-0.39, 0.29) is 27.1 Å². The number of carboxylic acids is 1. The number of thioether (sulfide) groups is 1. The maximum atomic E-state index is 13.0. The van der Waals surface area contributed by atoms with Gasteiger partial charge < -0.3 is 9.52 Å². The topological polar surface area (TPSA) is 92.0 Å². The van der Waals surface area contributed by atoms with Gasteiger partial charge in [0.1, 0.15) is 16.4 Å². The van der Waals surface area contributed by atoms with Gasteiger partial charge in [-0.05, 0) is 60.3 Å². The molecule has 168 valence electrons. The summed E-state index contributed by atoms with van der Waals surface area (Å²) in [7, 11) is 0. The lowest BCUT2D eigenvalue weighted by Gasteiger charge is -2.07. The summed E-state index contributed by atoms with van der Waals surface area (Å²) in [5.74, 6) is -0.482. The fourth-order valence-electron chi connectivity index (χ4n) is 2.83. The Labute approximate surface area is 194 Å². The second-order valence-corrected chi connectivity index (χ2v) is 8.12. The standard InChI is InChI=1S/C22H13ClF3N3O3S/c23-15-6-4-12(5-7-15)19-27-21(29-28-19)33-18(20(30)31)11-16-8-9-17(32-16)13-2-1-3-14(10-13)22(24,25)26/h1-11H,(H,30,31)(H,27,28,29)/b18-11-. The van der Waals surface area contributed by atoms with Crippen molar-refractivity contribution >= 4 is 35.4 Å². The van der Waals surface area contributed by atoms with Gasteiger partial charge in [0.05, 0.1) is 5.56 Å². The van der Waals surface area contributed by atoms with E-state index in [1.54, 1.807) is 24.3 Å². The third-order valence-corrected chi connectivity index (χ3v) is 5.50. The van der Waals surface area contributed by atoms with Gasteiger partial charge in [-0.1, -0.05) is 23.7 Å². The first kappa shape index (κ1) is 22.7. The van der Waals surface area contributed by atoms with Gasteiger partial charge in [0.2, 0.25) is 5.16 Å². The minimum Gasteiger partial charge on any atom is -0.477 e. The molecule has 0 fully saturated rings. The molecule has 0 saturated heterocycles. The Bertz CT molecular complexity index is 1330. The zero-order valence-electron chi connectivity index (χ0n) is 16.4. The van der Waals surface area contributed by atoms with Crippen molar-refractivity contribution in [2.45, 2.75) is 11.3 Å². The SMILES string of the molecule is O=C(O)/C(=C/c1ccc(-c2cccc(C(F)(F)F)c2)o1)Sc1n[nH]c(-c2ccc(Cl)cc2)n1. The summed E-state index contributed by atoms with van der Waals surface area (Å²) in [6.07, 6.45) is -3.23. The van der Waals surface area contributed by atoms with Crippen molar-refractivity contribution in [2.75, 3.05) is 0 Å². The van der Waals surface area contributed by atoms with E-state index in [1.165, 1.54) is 30.3 Å². The number of hydrogen-bond acceptors (Lipinski definition) is 5. The van der Waals surface area contributed by atoms with Gasteiger partial charge in [-0.15, -0.1) is 5.10 Å². The minimum atomic E-state index is -4.49. The summed E-state index contributed by atoms with van der Waals surface area (Å²) in [4.78, 5) is 15.9. The lowest BCUT2D eigenvalue weighted by atomic mass is 10.1. The van der Waals surface area contributed by atoms with Crippen LogP contribution in [-0.2, 0) is 11.0 Å². The Hall–Kier alpha value is -3.50. The van der Waals surface area contributed by atoms with Crippen LogP contribution in [0.15, 0.2) is 75.1 Å². The third kappa shape index (κ3) is 5.47. The zero-order valence-corrected chi connectivity index (χ0v) is 18.0. The van der Waals surface area contributed by atoms with Crippen LogP contribution < -0.4 is 0 Å². The number of aliphatic carboxylic acids is 1.